The number of nitrogens with one attached hydrogen (secondary N) is 1. The number of aryl methyl sites for hydroxylation is 2. The molecule has 0 bridgehead atoms. The van der Waals surface area contributed by atoms with Gasteiger partial charge in [-0.05, 0) is 38.8 Å². The lowest BCUT2D eigenvalue weighted by molar-refractivity contribution is 0.735. The van der Waals surface area contributed by atoms with Crippen LogP contribution in [-0.4, -0.2) is 11.0 Å². The highest BCUT2D eigenvalue weighted by Gasteiger charge is 2.03. The van der Waals surface area contributed by atoms with Gasteiger partial charge in [0, 0.05) is 17.4 Å². The zero-order valence-corrected chi connectivity index (χ0v) is 7.44. The van der Waals surface area contributed by atoms with E-state index >= 15 is 0 Å². The van der Waals surface area contributed by atoms with Crippen LogP contribution in [0.25, 0.3) is 0 Å². The largest absolute Gasteiger partial charge is 0.362 e. The summed E-state index contributed by atoms with van der Waals surface area (Å²) < 4.78 is 0. The SMILES string of the molecule is Cc1cc(CC(C)N)c(C)[nH]1. The average molecular weight is 152 g/mol. The molecule has 1 rings (SSSR count). The van der Waals surface area contributed by atoms with Gasteiger partial charge in [0.1, 0.15) is 0 Å². The van der Waals surface area contributed by atoms with Gasteiger partial charge in [-0.2, -0.15) is 0 Å². The van der Waals surface area contributed by atoms with E-state index in [4.69, 9.17) is 5.73 Å². The summed E-state index contributed by atoms with van der Waals surface area (Å²) in [4.78, 5) is 3.26. The molecule has 1 atom stereocenters. The lowest BCUT2D eigenvalue weighted by Crippen LogP contribution is -2.17. The van der Waals surface area contributed by atoms with E-state index in [1.807, 2.05) is 6.92 Å². The molecule has 0 radical (unpaired) electrons. The first kappa shape index (κ1) is 8.34. The maximum absolute atomic E-state index is 5.69. The normalized spacial score (nSPS) is 13.5. The Hall–Kier alpha value is -0.760. The first-order valence-corrected chi connectivity index (χ1v) is 4.00. The molecule has 2 heteroatoms. The Labute approximate surface area is 67.8 Å². The zero-order chi connectivity index (χ0) is 8.43. The molecule has 0 aromatic carbocycles. The Morgan fingerprint density at radius 3 is 2.55 bits per heavy atom. The third kappa shape index (κ3) is 2.09. The predicted octanol–water partition coefficient (Wildman–Crippen LogP) is 1.52. The first-order chi connectivity index (χ1) is 5.09. The van der Waals surface area contributed by atoms with Gasteiger partial charge in [0.05, 0.1) is 0 Å². The lowest BCUT2D eigenvalue weighted by Gasteiger charge is -2.02. The van der Waals surface area contributed by atoms with Gasteiger partial charge in [-0.15, -0.1) is 0 Å². The monoisotopic (exact) mass is 152 g/mol. The molecule has 0 aliphatic rings. The molecule has 1 heterocycles. The number of rotatable bonds is 2. The van der Waals surface area contributed by atoms with E-state index in [0.29, 0.717) is 0 Å². The summed E-state index contributed by atoms with van der Waals surface area (Å²) >= 11 is 0. The van der Waals surface area contributed by atoms with Crippen molar-refractivity contribution in [1.29, 1.82) is 0 Å². The number of aromatic amines is 1. The molecule has 1 aromatic rings. The van der Waals surface area contributed by atoms with Gasteiger partial charge >= 0.3 is 0 Å². The molecule has 0 amide bonds. The molecule has 0 spiro atoms. The van der Waals surface area contributed by atoms with Crippen LogP contribution in [0.5, 0.6) is 0 Å². The van der Waals surface area contributed by atoms with Crippen LogP contribution in [0.15, 0.2) is 6.07 Å². The fourth-order valence-corrected chi connectivity index (χ4v) is 1.34. The number of aromatic nitrogens is 1. The molecule has 1 aromatic heterocycles. The van der Waals surface area contributed by atoms with Crippen molar-refractivity contribution in [3.63, 3.8) is 0 Å². The Kier molecular flexibility index (Phi) is 2.35. The molecule has 0 aliphatic heterocycles. The molecule has 0 saturated heterocycles. The van der Waals surface area contributed by atoms with Gasteiger partial charge in [0.2, 0.25) is 0 Å². The highest BCUT2D eigenvalue weighted by molar-refractivity contribution is 5.24. The average Bonchev–Trinajstić information content (AvgIpc) is 2.09. The van der Waals surface area contributed by atoms with Gasteiger partial charge in [0.15, 0.2) is 0 Å². The van der Waals surface area contributed by atoms with Crippen LogP contribution in [0, 0.1) is 13.8 Å². The Morgan fingerprint density at radius 2 is 2.18 bits per heavy atom. The van der Waals surface area contributed by atoms with Gasteiger partial charge < -0.3 is 10.7 Å². The fourth-order valence-electron chi connectivity index (χ4n) is 1.34. The minimum atomic E-state index is 0.254. The zero-order valence-electron chi connectivity index (χ0n) is 7.44. The molecule has 11 heavy (non-hydrogen) atoms. The molecule has 62 valence electrons. The summed E-state index contributed by atoms with van der Waals surface area (Å²) in [5.74, 6) is 0. The predicted molar refractivity (Wildman–Crippen MR) is 47.6 cm³/mol. The highest BCUT2D eigenvalue weighted by atomic mass is 14.7. The van der Waals surface area contributed by atoms with Crippen molar-refractivity contribution < 1.29 is 0 Å². The van der Waals surface area contributed by atoms with Crippen LogP contribution >= 0.6 is 0 Å². The smallest absolute Gasteiger partial charge is 0.0150 e. The van der Waals surface area contributed by atoms with Crippen molar-refractivity contribution in [2.75, 3.05) is 0 Å². The summed E-state index contributed by atoms with van der Waals surface area (Å²) in [6, 6.07) is 2.42. The van der Waals surface area contributed by atoms with E-state index in [1.54, 1.807) is 0 Å². The van der Waals surface area contributed by atoms with Gasteiger partial charge in [-0.25, -0.2) is 0 Å². The van der Waals surface area contributed by atoms with Crippen LogP contribution in [0.4, 0.5) is 0 Å². The Balaban J connectivity index is 2.77. The third-order valence-electron chi connectivity index (χ3n) is 1.80. The molecule has 0 saturated carbocycles. The highest BCUT2D eigenvalue weighted by Crippen LogP contribution is 2.10. The summed E-state index contributed by atoms with van der Waals surface area (Å²) in [7, 11) is 0. The quantitative estimate of drug-likeness (QED) is 0.663. The van der Waals surface area contributed by atoms with Crippen molar-refractivity contribution in [3.05, 3.63) is 23.0 Å². The van der Waals surface area contributed by atoms with Crippen molar-refractivity contribution in [3.8, 4) is 0 Å². The molecule has 0 fully saturated rings. The molecular formula is C9H16N2. The lowest BCUT2D eigenvalue weighted by atomic mass is 10.1. The Bertz CT molecular complexity index is 236. The van der Waals surface area contributed by atoms with Gasteiger partial charge in [-0.3, -0.25) is 0 Å². The Morgan fingerprint density at radius 1 is 1.55 bits per heavy atom. The van der Waals surface area contributed by atoms with Crippen molar-refractivity contribution in [1.82, 2.24) is 4.98 Å². The topological polar surface area (TPSA) is 41.8 Å². The van der Waals surface area contributed by atoms with E-state index in [0.717, 1.165) is 6.42 Å². The minimum Gasteiger partial charge on any atom is -0.362 e. The van der Waals surface area contributed by atoms with Crippen molar-refractivity contribution in [2.45, 2.75) is 33.2 Å². The second-order valence-corrected chi connectivity index (χ2v) is 3.28. The summed E-state index contributed by atoms with van der Waals surface area (Å²) in [6.07, 6.45) is 0.968. The number of hydrogen-bond donors (Lipinski definition) is 2. The van der Waals surface area contributed by atoms with Crippen LogP contribution in [0.2, 0.25) is 0 Å². The molecule has 0 aliphatic carbocycles. The van der Waals surface area contributed by atoms with Gasteiger partial charge in [0.25, 0.3) is 0 Å². The van der Waals surface area contributed by atoms with E-state index < -0.39 is 0 Å². The molecular weight excluding hydrogens is 136 g/mol. The summed E-state index contributed by atoms with van der Waals surface area (Å²) in [5.41, 5.74) is 9.50. The number of H-pyrrole nitrogens is 1. The summed E-state index contributed by atoms with van der Waals surface area (Å²) in [5, 5.41) is 0. The maximum atomic E-state index is 5.69. The van der Waals surface area contributed by atoms with Crippen LogP contribution < -0.4 is 5.73 Å². The number of nitrogens with two attached hydrogens (primary N) is 1. The molecule has 1 unspecified atom stereocenters. The maximum Gasteiger partial charge on any atom is 0.0150 e. The summed E-state index contributed by atoms with van der Waals surface area (Å²) in [6.45, 7) is 6.18. The van der Waals surface area contributed by atoms with Crippen LogP contribution in [0.1, 0.15) is 23.9 Å². The minimum absolute atomic E-state index is 0.254. The van der Waals surface area contributed by atoms with E-state index in [2.05, 4.69) is 24.9 Å². The third-order valence-corrected chi connectivity index (χ3v) is 1.80. The van der Waals surface area contributed by atoms with Gasteiger partial charge in [-0.1, -0.05) is 0 Å². The van der Waals surface area contributed by atoms with E-state index in [1.165, 1.54) is 17.0 Å². The van der Waals surface area contributed by atoms with E-state index in [-0.39, 0.29) is 6.04 Å². The van der Waals surface area contributed by atoms with E-state index in [9.17, 15) is 0 Å². The second kappa shape index (κ2) is 3.09. The molecule has 2 nitrogen and oxygen atoms in total. The van der Waals surface area contributed by atoms with Crippen LogP contribution in [0.3, 0.4) is 0 Å². The molecule has 3 N–H and O–H groups in total. The standard InChI is InChI=1S/C9H16N2/c1-6(10)4-9-5-7(2)11-8(9)3/h5-6,11H,4,10H2,1-3H3. The van der Waals surface area contributed by atoms with Crippen LogP contribution in [-0.2, 0) is 6.42 Å². The fraction of sp³-hybridized carbons (Fsp3) is 0.556. The van der Waals surface area contributed by atoms with Crippen molar-refractivity contribution >= 4 is 0 Å². The van der Waals surface area contributed by atoms with Crippen molar-refractivity contribution in [2.24, 2.45) is 5.73 Å². The first-order valence-electron chi connectivity index (χ1n) is 4.00. The number of hydrogen-bond acceptors (Lipinski definition) is 1. The second-order valence-electron chi connectivity index (χ2n) is 3.28.